The summed E-state index contributed by atoms with van der Waals surface area (Å²) in [5, 5.41) is 13.3. The Labute approximate surface area is 162 Å². The molecular weight excluding hydrogens is 364 g/mol. The van der Waals surface area contributed by atoms with Crippen molar-refractivity contribution >= 4 is 18.1 Å². The van der Waals surface area contributed by atoms with E-state index in [2.05, 4.69) is 5.32 Å². The predicted octanol–water partition coefficient (Wildman–Crippen LogP) is 2.86. The highest BCUT2D eigenvalue weighted by Crippen LogP contribution is 2.20. The molecule has 0 aliphatic carbocycles. The maximum atomic E-state index is 12.6. The van der Waals surface area contributed by atoms with Crippen LogP contribution in [0, 0.1) is 16.0 Å². The molecule has 2 aromatic carbocycles. The minimum atomic E-state index is -0.848. The van der Waals surface area contributed by atoms with E-state index < -0.39 is 17.0 Å². The molecule has 2 unspecified atom stereocenters. The zero-order valence-electron chi connectivity index (χ0n) is 15.4. The quantitative estimate of drug-likeness (QED) is 0.209. The second kappa shape index (κ2) is 10.8. The number of nitro groups is 1. The number of hydrogen-bond donors (Lipinski definition) is 1. The van der Waals surface area contributed by atoms with Crippen LogP contribution in [0.2, 0.25) is 0 Å². The SMILES string of the molecule is CC(CNC=O)CC(OCc1ccccc1)C(=O)Oc1ccc([N+](=O)[O-])cc1. The van der Waals surface area contributed by atoms with Crippen molar-refractivity contribution in [2.75, 3.05) is 6.54 Å². The van der Waals surface area contributed by atoms with Crippen molar-refractivity contribution in [2.45, 2.75) is 26.1 Å². The molecule has 0 saturated carbocycles. The molecule has 0 saturated heterocycles. The third-order valence-corrected chi connectivity index (χ3v) is 3.99. The number of rotatable bonds is 11. The molecular formula is C20H22N2O6. The van der Waals surface area contributed by atoms with Crippen molar-refractivity contribution in [1.29, 1.82) is 0 Å². The minimum Gasteiger partial charge on any atom is -0.425 e. The zero-order valence-corrected chi connectivity index (χ0v) is 15.4. The number of nitro benzene ring substituents is 1. The molecule has 2 aromatic rings. The van der Waals surface area contributed by atoms with Crippen molar-refractivity contribution in [3.63, 3.8) is 0 Å². The van der Waals surface area contributed by atoms with Crippen molar-refractivity contribution < 1.29 is 24.0 Å². The van der Waals surface area contributed by atoms with Gasteiger partial charge in [0.25, 0.3) is 5.69 Å². The molecule has 8 nitrogen and oxygen atoms in total. The summed E-state index contributed by atoms with van der Waals surface area (Å²) < 4.78 is 11.1. The van der Waals surface area contributed by atoms with E-state index in [0.717, 1.165) is 5.56 Å². The molecule has 0 aromatic heterocycles. The molecule has 1 amide bonds. The zero-order chi connectivity index (χ0) is 20.4. The van der Waals surface area contributed by atoms with Gasteiger partial charge in [0, 0.05) is 18.7 Å². The Morgan fingerprint density at radius 2 is 1.86 bits per heavy atom. The standard InChI is InChI=1S/C20H22N2O6/c1-15(12-21-14-23)11-19(27-13-16-5-3-2-4-6-16)20(24)28-18-9-7-17(8-10-18)22(25)26/h2-10,14-15,19H,11-13H2,1H3,(H,21,23). The molecule has 1 N–H and O–H groups in total. The fourth-order valence-corrected chi connectivity index (χ4v) is 2.52. The van der Waals surface area contributed by atoms with E-state index >= 15 is 0 Å². The molecule has 0 radical (unpaired) electrons. The fraction of sp³-hybridized carbons (Fsp3) is 0.300. The van der Waals surface area contributed by atoms with E-state index in [1.165, 1.54) is 24.3 Å². The number of nitrogens with one attached hydrogen (secondary N) is 1. The third-order valence-electron chi connectivity index (χ3n) is 3.99. The summed E-state index contributed by atoms with van der Waals surface area (Å²) in [5.74, 6) is -0.416. The lowest BCUT2D eigenvalue weighted by Gasteiger charge is -2.20. The third kappa shape index (κ3) is 6.81. The first-order chi connectivity index (χ1) is 13.5. The van der Waals surface area contributed by atoms with E-state index in [-0.39, 0.29) is 24.0 Å². The van der Waals surface area contributed by atoms with E-state index in [9.17, 15) is 19.7 Å². The van der Waals surface area contributed by atoms with Gasteiger partial charge in [-0.2, -0.15) is 0 Å². The summed E-state index contributed by atoms with van der Waals surface area (Å²) in [6.07, 6.45) is 0.101. The van der Waals surface area contributed by atoms with Gasteiger partial charge in [0.1, 0.15) is 5.75 Å². The largest absolute Gasteiger partial charge is 0.425 e. The Bertz CT molecular complexity index is 779. The van der Waals surface area contributed by atoms with Crippen molar-refractivity contribution in [3.05, 3.63) is 70.3 Å². The van der Waals surface area contributed by atoms with Gasteiger partial charge in [0.2, 0.25) is 6.41 Å². The molecule has 2 rings (SSSR count). The van der Waals surface area contributed by atoms with Crippen LogP contribution in [0.1, 0.15) is 18.9 Å². The Morgan fingerprint density at radius 3 is 2.46 bits per heavy atom. The number of esters is 1. The summed E-state index contributed by atoms with van der Waals surface area (Å²) >= 11 is 0. The van der Waals surface area contributed by atoms with Crippen LogP contribution in [0.4, 0.5) is 5.69 Å². The molecule has 8 heteroatoms. The van der Waals surface area contributed by atoms with Gasteiger partial charge in [-0.15, -0.1) is 0 Å². The Hall–Kier alpha value is -3.26. The van der Waals surface area contributed by atoms with E-state index in [0.29, 0.717) is 19.4 Å². The molecule has 148 valence electrons. The van der Waals surface area contributed by atoms with E-state index in [1.54, 1.807) is 0 Å². The van der Waals surface area contributed by atoms with Crippen LogP contribution in [0.25, 0.3) is 0 Å². The average Bonchev–Trinajstić information content (AvgIpc) is 2.70. The highest BCUT2D eigenvalue weighted by atomic mass is 16.6. The molecule has 28 heavy (non-hydrogen) atoms. The lowest BCUT2D eigenvalue weighted by Crippen LogP contribution is -2.33. The lowest BCUT2D eigenvalue weighted by molar-refractivity contribution is -0.384. The Kier molecular flexibility index (Phi) is 8.11. The normalized spacial score (nSPS) is 12.6. The summed E-state index contributed by atoms with van der Waals surface area (Å²) in [5.41, 5.74) is 0.819. The van der Waals surface area contributed by atoms with Crippen molar-refractivity contribution in [2.24, 2.45) is 5.92 Å². The number of non-ortho nitro benzene ring substituents is 1. The predicted molar refractivity (Wildman–Crippen MR) is 102 cm³/mol. The molecule has 2 atom stereocenters. The summed E-state index contributed by atoms with van der Waals surface area (Å²) in [7, 11) is 0. The molecule has 0 aliphatic heterocycles. The average molecular weight is 386 g/mol. The maximum absolute atomic E-state index is 12.6. The van der Waals surface area contributed by atoms with Crippen LogP contribution in [0.3, 0.4) is 0 Å². The van der Waals surface area contributed by atoms with E-state index in [4.69, 9.17) is 9.47 Å². The van der Waals surface area contributed by atoms with Crippen LogP contribution in [-0.4, -0.2) is 30.0 Å². The van der Waals surface area contributed by atoms with Crippen LogP contribution in [0.5, 0.6) is 5.75 Å². The van der Waals surface area contributed by atoms with Gasteiger partial charge in [-0.05, 0) is 30.0 Å². The van der Waals surface area contributed by atoms with Gasteiger partial charge < -0.3 is 14.8 Å². The first-order valence-corrected chi connectivity index (χ1v) is 8.78. The molecule has 0 spiro atoms. The smallest absolute Gasteiger partial charge is 0.340 e. The summed E-state index contributed by atoms with van der Waals surface area (Å²) in [4.78, 5) is 33.3. The van der Waals surface area contributed by atoms with Gasteiger partial charge in [-0.1, -0.05) is 37.3 Å². The van der Waals surface area contributed by atoms with Gasteiger partial charge in [-0.25, -0.2) is 4.79 Å². The van der Waals surface area contributed by atoms with Crippen LogP contribution in [-0.2, 0) is 20.9 Å². The number of carbonyl (C=O) groups is 2. The van der Waals surface area contributed by atoms with E-state index in [1.807, 2.05) is 37.3 Å². The number of benzene rings is 2. The second-order valence-electron chi connectivity index (χ2n) is 6.32. The number of carbonyl (C=O) groups excluding carboxylic acids is 2. The summed E-state index contributed by atoms with van der Waals surface area (Å²) in [6.45, 7) is 2.52. The van der Waals surface area contributed by atoms with Crippen molar-refractivity contribution in [3.8, 4) is 5.75 Å². The van der Waals surface area contributed by atoms with Crippen molar-refractivity contribution in [1.82, 2.24) is 5.32 Å². The number of ether oxygens (including phenoxy) is 2. The maximum Gasteiger partial charge on any atom is 0.340 e. The second-order valence-corrected chi connectivity index (χ2v) is 6.32. The Morgan fingerprint density at radius 1 is 1.18 bits per heavy atom. The van der Waals surface area contributed by atoms with Gasteiger partial charge in [0.05, 0.1) is 11.5 Å². The lowest BCUT2D eigenvalue weighted by atomic mass is 10.0. The topological polar surface area (TPSA) is 108 Å². The fourth-order valence-electron chi connectivity index (χ4n) is 2.52. The first-order valence-electron chi connectivity index (χ1n) is 8.78. The number of nitrogens with zero attached hydrogens (tertiary/aromatic N) is 1. The molecule has 0 bridgehead atoms. The molecule has 0 aliphatic rings. The van der Waals surface area contributed by atoms with Gasteiger partial charge in [0.15, 0.2) is 6.10 Å². The monoisotopic (exact) mass is 386 g/mol. The Balaban J connectivity index is 2.03. The number of hydrogen-bond acceptors (Lipinski definition) is 6. The summed E-state index contributed by atoms with van der Waals surface area (Å²) in [6, 6.07) is 14.7. The first kappa shape index (κ1) is 21.0. The van der Waals surface area contributed by atoms with Crippen LogP contribution < -0.4 is 10.1 Å². The van der Waals surface area contributed by atoms with Gasteiger partial charge in [-0.3, -0.25) is 14.9 Å². The van der Waals surface area contributed by atoms with Crippen LogP contribution in [0.15, 0.2) is 54.6 Å². The number of amides is 1. The highest BCUT2D eigenvalue weighted by molar-refractivity contribution is 5.77. The molecule has 0 fully saturated rings. The molecule has 0 heterocycles. The highest BCUT2D eigenvalue weighted by Gasteiger charge is 2.24. The minimum absolute atomic E-state index is 0.0182. The van der Waals surface area contributed by atoms with Crippen LogP contribution >= 0.6 is 0 Å². The van der Waals surface area contributed by atoms with Gasteiger partial charge >= 0.3 is 5.97 Å².